The van der Waals surface area contributed by atoms with Crippen molar-refractivity contribution < 1.29 is 15.4 Å². The molecule has 1 fully saturated rings. The highest BCUT2D eigenvalue weighted by Gasteiger charge is 2.40. The van der Waals surface area contributed by atoms with Crippen molar-refractivity contribution in [2.45, 2.75) is 110 Å². The zero-order valence-corrected chi connectivity index (χ0v) is 26.7. The van der Waals surface area contributed by atoms with E-state index >= 15 is 0 Å². The summed E-state index contributed by atoms with van der Waals surface area (Å²) in [6, 6.07) is 8.88. The average Bonchev–Trinajstić information content (AvgIpc) is 3.43. The van der Waals surface area contributed by atoms with Crippen LogP contribution in [0.25, 0.3) is 23.3 Å². The quantitative estimate of drug-likeness (QED) is 0.394. The lowest BCUT2D eigenvalue weighted by atomic mass is 9.82. The predicted molar refractivity (Wildman–Crippen MR) is 169 cm³/mol. The van der Waals surface area contributed by atoms with Crippen molar-refractivity contribution in [3.8, 4) is 0 Å². The zero-order chi connectivity index (χ0) is 28.2. The molecule has 0 spiro atoms. The van der Waals surface area contributed by atoms with E-state index in [4.69, 9.17) is 0 Å². The van der Waals surface area contributed by atoms with Gasteiger partial charge in [-0.25, -0.2) is 0 Å². The van der Waals surface area contributed by atoms with Crippen LogP contribution in [0, 0.1) is 0 Å². The normalized spacial score (nSPS) is 26.0. The second-order valence-electron chi connectivity index (χ2n) is 14.4. The van der Waals surface area contributed by atoms with Crippen LogP contribution >= 0.6 is 22.7 Å². The number of rotatable bonds is 4. The first-order valence-corrected chi connectivity index (χ1v) is 16.1. The number of ketones is 1. The minimum Gasteiger partial charge on any atom is -0.334 e. The zero-order valence-electron chi connectivity index (χ0n) is 25.0. The minimum absolute atomic E-state index is 0.0462. The molecular weight excluding hydrogens is 517 g/mol. The van der Waals surface area contributed by atoms with E-state index in [1.807, 2.05) is 22.7 Å². The second-order valence-corrected chi connectivity index (χ2v) is 16.6. The van der Waals surface area contributed by atoms with E-state index in [1.54, 1.807) is 0 Å². The maximum Gasteiger partial charge on any atom is 0.185 e. The standard InChI is InChI=1S/C34H44N2OS2/c1-31(2)17-16-27(34(7,8)36-31)29-15-13-26(39-29)19-23-11-9-10-22(30(23)37)18-25-12-14-28(38-25)24-20-32(3,4)35-33(5,6)21-24/h12-16,18-20,35-36H,9-11,17,21H2,1-8H3/p+2/b22-18-,23-19+. The van der Waals surface area contributed by atoms with Crippen molar-refractivity contribution in [1.29, 1.82) is 0 Å². The summed E-state index contributed by atoms with van der Waals surface area (Å²) < 4.78 is 0. The third kappa shape index (κ3) is 6.48. The lowest BCUT2D eigenvalue weighted by molar-refractivity contribution is -0.770. The van der Waals surface area contributed by atoms with Gasteiger partial charge in [0.2, 0.25) is 0 Å². The van der Waals surface area contributed by atoms with Gasteiger partial charge in [0.1, 0.15) is 11.1 Å². The largest absolute Gasteiger partial charge is 0.334 e. The number of quaternary nitrogens is 2. The van der Waals surface area contributed by atoms with E-state index in [0.29, 0.717) is 0 Å². The van der Waals surface area contributed by atoms with Gasteiger partial charge < -0.3 is 10.6 Å². The minimum atomic E-state index is 0.0462. The highest BCUT2D eigenvalue weighted by Crippen LogP contribution is 2.37. The maximum atomic E-state index is 13.5. The number of carbonyl (C=O) groups is 1. The van der Waals surface area contributed by atoms with Crippen molar-refractivity contribution >= 4 is 51.8 Å². The smallest absolute Gasteiger partial charge is 0.185 e. The van der Waals surface area contributed by atoms with Gasteiger partial charge in [-0.2, -0.15) is 0 Å². The molecule has 0 radical (unpaired) electrons. The van der Waals surface area contributed by atoms with Gasteiger partial charge in [-0.05, 0) is 123 Å². The van der Waals surface area contributed by atoms with Crippen LogP contribution in [0.4, 0.5) is 0 Å². The van der Waals surface area contributed by atoms with Gasteiger partial charge in [0.25, 0.3) is 0 Å². The molecule has 2 aliphatic heterocycles. The molecule has 5 heteroatoms. The SMILES string of the molecule is CC1(C)C=C(c2ccc(/C=C3/CCC/C(=C\c4ccc(C5=CCC(C)(C)[NH2+]C5(C)C)s4)C3=O)s2)CC(C)(C)[NH2+]1. The average molecular weight is 563 g/mol. The molecule has 208 valence electrons. The molecule has 5 rings (SSSR count). The molecule has 1 aliphatic carbocycles. The van der Waals surface area contributed by atoms with Crippen molar-refractivity contribution in [2.24, 2.45) is 0 Å². The molecule has 4 heterocycles. The molecule has 4 N–H and O–H groups in total. The summed E-state index contributed by atoms with van der Waals surface area (Å²) in [6.07, 6.45) is 14.1. The molecular formula is C34H46N2OS2+2. The van der Waals surface area contributed by atoms with E-state index in [9.17, 15) is 4.79 Å². The Morgan fingerprint density at radius 3 is 1.95 bits per heavy atom. The first kappa shape index (κ1) is 28.5. The molecule has 0 amide bonds. The lowest BCUT2D eigenvalue weighted by Gasteiger charge is -2.38. The van der Waals surface area contributed by atoms with Crippen molar-refractivity contribution in [3.05, 3.63) is 67.1 Å². The summed E-state index contributed by atoms with van der Waals surface area (Å²) in [5, 5.41) is 4.97. The van der Waals surface area contributed by atoms with Gasteiger partial charge in [-0.3, -0.25) is 4.79 Å². The molecule has 1 saturated carbocycles. The number of hydrogen-bond acceptors (Lipinski definition) is 3. The van der Waals surface area contributed by atoms with E-state index in [0.717, 1.165) is 43.3 Å². The number of hydrogen-bond donors (Lipinski definition) is 2. The summed E-state index contributed by atoms with van der Waals surface area (Å²) in [7, 11) is 0. The van der Waals surface area contributed by atoms with Gasteiger partial charge in [0.05, 0.1) is 11.1 Å². The Kier molecular flexibility index (Phi) is 7.37. The molecule has 0 atom stereocenters. The topological polar surface area (TPSA) is 50.3 Å². The number of nitrogens with two attached hydrogens (primary N) is 2. The van der Waals surface area contributed by atoms with Crippen molar-refractivity contribution in [1.82, 2.24) is 0 Å². The molecule has 2 aromatic heterocycles. The molecule has 0 saturated heterocycles. The highest BCUT2D eigenvalue weighted by atomic mass is 32.1. The van der Waals surface area contributed by atoms with Crippen LogP contribution in [0.15, 0.2) is 47.6 Å². The molecule has 0 unspecified atom stereocenters. The van der Waals surface area contributed by atoms with Crippen LogP contribution in [0.1, 0.15) is 107 Å². The van der Waals surface area contributed by atoms with Gasteiger partial charge >= 0.3 is 0 Å². The first-order chi connectivity index (χ1) is 18.1. The molecule has 0 bridgehead atoms. The summed E-state index contributed by atoms with van der Waals surface area (Å²) >= 11 is 3.64. The number of Topliss-reactive ketones (excluding diaryl/α,β-unsaturated/α-hetero) is 1. The van der Waals surface area contributed by atoms with Crippen LogP contribution in [-0.4, -0.2) is 27.9 Å². The Hall–Kier alpha value is -2.05. The van der Waals surface area contributed by atoms with Crippen molar-refractivity contribution in [2.75, 3.05) is 0 Å². The highest BCUT2D eigenvalue weighted by molar-refractivity contribution is 7.14. The fourth-order valence-corrected chi connectivity index (χ4v) is 9.28. The molecule has 2 aromatic rings. The predicted octanol–water partition coefficient (Wildman–Crippen LogP) is 6.85. The van der Waals surface area contributed by atoms with E-state index in [1.165, 1.54) is 30.7 Å². The van der Waals surface area contributed by atoms with Gasteiger partial charge in [-0.1, -0.05) is 6.08 Å². The summed E-state index contributed by atoms with van der Waals surface area (Å²) in [5.74, 6) is 0.229. The Morgan fingerprint density at radius 2 is 1.36 bits per heavy atom. The number of allylic oxidation sites excluding steroid dienone is 2. The number of thiophene rings is 2. The van der Waals surface area contributed by atoms with Crippen LogP contribution in [0.3, 0.4) is 0 Å². The van der Waals surface area contributed by atoms with Gasteiger partial charge in [0.15, 0.2) is 5.78 Å². The molecule has 3 aliphatic rings. The Balaban J connectivity index is 1.35. The van der Waals surface area contributed by atoms with Crippen LogP contribution in [-0.2, 0) is 4.79 Å². The van der Waals surface area contributed by atoms with Gasteiger partial charge in [-0.15, -0.1) is 22.7 Å². The van der Waals surface area contributed by atoms with Gasteiger partial charge in [0, 0.05) is 49.1 Å². The third-order valence-corrected chi connectivity index (χ3v) is 10.4. The lowest BCUT2D eigenvalue weighted by Crippen LogP contribution is -3.04. The van der Waals surface area contributed by atoms with Crippen LogP contribution in [0.5, 0.6) is 0 Å². The Labute approximate surface area is 243 Å². The third-order valence-electron chi connectivity index (χ3n) is 8.18. The van der Waals surface area contributed by atoms with Crippen LogP contribution < -0.4 is 10.6 Å². The van der Waals surface area contributed by atoms with Crippen molar-refractivity contribution in [3.63, 3.8) is 0 Å². The molecule has 39 heavy (non-hydrogen) atoms. The summed E-state index contributed by atoms with van der Waals surface area (Å²) in [6.45, 7) is 18.5. The molecule has 3 nitrogen and oxygen atoms in total. The Morgan fingerprint density at radius 1 is 0.769 bits per heavy atom. The Bertz CT molecular complexity index is 1400. The van der Waals surface area contributed by atoms with E-state index in [2.05, 4.69) is 115 Å². The molecule has 0 aromatic carbocycles. The number of carbonyl (C=O) groups excluding carboxylic acids is 1. The monoisotopic (exact) mass is 562 g/mol. The first-order valence-electron chi connectivity index (χ1n) is 14.4. The summed E-state index contributed by atoms with van der Waals surface area (Å²) in [5.41, 5.74) is 5.32. The summed E-state index contributed by atoms with van der Waals surface area (Å²) in [4.78, 5) is 18.6. The second kappa shape index (κ2) is 10.1. The van der Waals surface area contributed by atoms with Crippen LogP contribution in [0.2, 0.25) is 0 Å². The van der Waals surface area contributed by atoms with E-state index in [-0.39, 0.29) is 27.9 Å². The van der Waals surface area contributed by atoms with E-state index < -0.39 is 0 Å². The maximum absolute atomic E-state index is 13.5. The fourth-order valence-electron chi connectivity index (χ4n) is 7.11. The fraction of sp³-hybridized carbons (Fsp3) is 0.500.